The second kappa shape index (κ2) is 7.06. The summed E-state index contributed by atoms with van der Waals surface area (Å²) >= 11 is 0. The first kappa shape index (κ1) is 16.9. The van der Waals surface area contributed by atoms with Gasteiger partial charge in [-0.15, -0.1) is 0 Å². The zero-order valence-electron chi connectivity index (χ0n) is 11.8. The predicted octanol–water partition coefficient (Wildman–Crippen LogP) is 1.39. The highest BCUT2D eigenvalue weighted by molar-refractivity contribution is 7.91. The molecular formula is C13H22O6S. The first-order valence-electron chi connectivity index (χ1n) is 6.78. The molecule has 0 spiro atoms. The lowest BCUT2D eigenvalue weighted by Gasteiger charge is -2.13. The third kappa shape index (κ3) is 6.36. The highest BCUT2D eigenvalue weighted by atomic mass is 32.2. The molecule has 0 radical (unpaired) electrons. The van der Waals surface area contributed by atoms with Gasteiger partial charge in [-0.3, -0.25) is 9.59 Å². The van der Waals surface area contributed by atoms with Crippen molar-refractivity contribution in [3.05, 3.63) is 0 Å². The quantitative estimate of drug-likeness (QED) is 0.484. The molecule has 0 amide bonds. The van der Waals surface area contributed by atoms with Crippen molar-refractivity contribution < 1.29 is 27.9 Å². The van der Waals surface area contributed by atoms with Gasteiger partial charge in [0.1, 0.15) is 0 Å². The maximum Gasteiger partial charge on any atom is 0.306 e. The molecular weight excluding hydrogens is 284 g/mol. The lowest BCUT2D eigenvalue weighted by molar-refractivity contribution is -0.142. The van der Waals surface area contributed by atoms with Crippen LogP contribution in [0.4, 0.5) is 0 Å². The van der Waals surface area contributed by atoms with Gasteiger partial charge < -0.3 is 9.84 Å². The predicted molar refractivity (Wildman–Crippen MR) is 73.1 cm³/mol. The van der Waals surface area contributed by atoms with Gasteiger partial charge in [-0.25, -0.2) is 8.42 Å². The molecule has 0 aromatic heterocycles. The summed E-state index contributed by atoms with van der Waals surface area (Å²) in [5.41, 5.74) is -0.410. The van der Waals surface area contributed by atoms with E-state index >= 15 is 0 Å². The molecule has 0 unspecified atom stereocenters. The number of hydrogen-bond acceptors (Lipinski definition) is 5. The average molecular weight is 306 g/mol. The average Bonchev–Trinajstić information content (AvgIpc) is 3.06. The monoisotopic (exact) mass is 306 g/mol. The van der Waals surface area contributed by atoms with E-state index in [2.05, 4.69) is 4.74 Å². The minimum absolute atomic E-state index is 0.0357. The van der Waals surface area contributed by atoms with Crippen molar-refractivity contribution >= 4 is 21.8 Å². The molecule has 0 heterocycles. The number of unbranched alkanes of at least 4 members (excludes halogenated alkanes) is 2. The molecule has 0 atom stereocenters. The molecule has 0 bridgehead atoms. The zero-order chi connectivity index (χ0) is 15.2. The number of hydrogen-bond donors (Lipinski definition) is 1. The van der Waals surface area contributed by atoms with Crippen molar-refractivity contribution in [1.82, 2.24) is 0 Å². The normalized spacial score (nSPS) is 16.6. The molecule has 0 aromatic carbocycles. The van der Waals surface area contributed by atoms with Gasteiger partial charge in [-0.2, -0.15) is 0 Å². The van der Waals surface area contributed by atoms with E-state index in [1.54, 1.807) is 0 Å². The Morgan fingerprint density at radius 2 is 1.85 bits per heavy atom. The fraction of sp³-hybridized carbons (Fsp3) is 0.846. The Bertz CT molecular complexity index is 449. The van der Waals surface area contributed by atoms with E-state index in [9.17, 15) is 18.0 Å². The third-order valence-corrected chi connectivity index (χ3v) is 5.54. The maximum atomic E-state index is 12.0. The Hall–Kier alpha value is -1.11. The van der Waals surface area contributed by atoms with E-state index in [1.807, 2.05) is 0 Å². The Kier molecular flexibility index (Phi) is 5.98. The first-order valence-corrected chi connectivity index (χ1v) is 8.60. The van der Waals surface area contributed by atoms with Crippen molar-refractivity contribution in [2.75, 3.05) is 18.6 Å². The van der Waals surface area contributed by atoms with Crippen LogP contribution in [0, 0.1) is 5.41 Å². The number of carbonyl (C=O) groups is 2. The summed E-state index contributed by atoms with van der Waals surface area (Å²) in [6.45, 7) is 0. The molecule has 0 saturated heterocycles. The second-order valence-electron chi connectivity index (χ2n) is 5.55. The zero-order valence-corrected chi connectivity index (χ0v) is 12.6. The highest BCUT2D eigenvalue weighted by Gasteiger charge is 2.47. The van der Waals surface area contributed by atoms with Gasteiger partial charge in [0.15, 0.2) is 9.84 Å². The Morgan fingerprint density at radius 1 is 1.20 bits per heavy atom. The summed E-state index contributed by atoms with van der Waals surface area (Å²) in [7, 11) is -1.89. The van der Waals surface area contributed by atoms with E-state index < -0.39 is 21.2 Å². The molecule has 1 aliphatic rings. The van der Waals surface area contributed by atoms with Gasteiger partial charge in [0, 0.05) is 6.42 Å². The van der Waals surface area contributed by atoms with Crippen LogP contribution >= 0.6 is 0 Å². The summed E-state index contributed by atoms with van der Waals surface area (Å²) in [5, 5.41) is 8.48. The van der Waals surface area contributed by atoms with Crippen molar-refractivity contribution in [2.45, 2.75) is 44.9 Å². The number of carboxylic acid groups (broad SMARTS) is 1. The smallest absolute Gasteiger partial charge is 0.306 e. The molecule has 1 aliphatic carbocycles. The lowest BCUT2D eigenvalue weighted by atomic mass is 10.1. The fourth-order valence-corrected chi connectivity index (χ4v) is 4.35. The number of esters is 1. The lowest BCUT2D eigenvalue weighted by Crippen LogP contribution is -2.23. The summed E-state index contributed by atoms with van der Waals surface area (Å²) in [6.07, 6.45) is 3.31. The number of carbonyl (C=O) groups excluding carboxylic acids is 1. The van der Waals surface area contributed by atoms with E-state index in [-0.39, 0.29) is 30.3 Å². The maximum absolute atomic E-state index is 12.0. The van der Waals surface area contributed by atoms with Crippen LogP contribution in [0.25, 0.3) is 0 Å². The van der Waals surface area contributed by atoms with Crippen LogP contribution in [-0.4, -0.2) is 44.1 Å². The van der Waals surface area contributed by atoms with Crippen LogP contribution in [0.1, 0.15) is 44.9 Å². The van der Waals surface area contributed by atoms with Crippen LogP contribution in [0.3, 0.4) is 0 Å². The van der Waals surface area contributed by atoms with Crippen LogP contribution in [0.2, 0.25) is 0 Å². The number of aliphatic carboxylic acids is 1. The van der Waals surface area contributed by atoms with Gasteiger partial charge in [-0.05, 0) is 31.1 Å². The van der Waals surface area contributed by atoms with Gasteiger partial charge in [-0.1, -0.05) is 6.42 Å². The summed E-state index contributed by atoms with van der Waals surface area (Å²) in [6, 6.07) is 0. The highest BCUT2D eigenvalue weighted by Crippen LogP contribution is 2.50. The molecule has 20 heavy (non-hydrogen) atoms. The van der Waals surface area contributed by atoms with Gasteiger partial charge in [0.2, 0.25) is 0 Å². The number of ether oxygens (including phenoxy) is 1. The molecule has 7 heteroatoms. The summed E-state index contributed by atoms with van der Waals surface area (Å²) in [5.74, 6) is -1.12. The van der Waals surface area contributed by atoms with Gasteiger partial charge >= 0.3 is 11.9 Å². The Balaban J connectivity index is 2.31. The van der Waals surface area contributed by atoms with E-state index in [4.69, 9.17) is 5.11 Å². The molecule has 1 N–H and O–H groups in total. The van der Waals surface area contributed by atoms with Gasteiger partial charge in [0.25, 0.3) is 0 Å². The van der Waals surface area contributed by atoms with Crippen molar-refractivity contribution in [1.29, 1.82) is 0 Å². The van der Waals surface area contributed by atoms with Crippen LogP contribution in [0.15, 0.2) is 0 Å². The number of sulfone groups is 1. The van der Waals surface area contributed by atoms with E-state index in [0.29, 0.717) is 19.3 Å². The Morgan fingerprint density at radius 3 is 2.35 bits per heavy atom. The minimum atomic E-state index is -3.19. The number of rotatable bonds is 10. The van der Waals surface area contributed by atoms with Crippen LogP contribution in [0.5, 0.6) is 0 Å². The van der Waals surface area contributed by atoms with E-state index in [1.165, 1.54) is 7.11 Å². The molecule has 1 fully saturated rings. The van der Waals surface area contributed by atoms with Crippen molar-refractivity contribution in [3.8, 4) is 0 Å². The van der Waals surface area contributed by atoms with Crippen molar-refractivity contribution in [2.24, 2.45) is 5.41 Å². The first-order chi connectivity index (χ1) is 9.29. The summed E-state index contributed by atoms with van der Waals surface area (Å²) < 4.78 is 28.6. The topological polar surface area (TPSA) is 97.7 Å². The van der Waals surface area contributed by atoms with E-state index in [0.717, 1.165) is 12.8 Å². The van der Waals surface area contributed by atoms with Crippen LogP contribution < -0.4 is 0 Å². The molecule has 116 valence electrons. The second-order valence-corrected chi connectivity index (χ2v) is 7.73. The molecule has 6 nitrogen and oxygen atoms in total. The fourth-order valence-electron chi connectivity index (χ4n) is 2.24. The third-order valence-electron chi connectivity index (χ3n) is 3.58. The number of methoxy groups -OCH3 is 1. The van der Waals surface area contributed by atoms with Crippen molar-refractivity contribution in [3.63, 3.8) is 0 Å². The molecule has 0 aromatic rings. The standard InChI is InChI=1S/C13H22O6S/c1-19-12(16)9-13(6-7-13)10-20(17,18)8-4-2-3-5-11(14)15/h2-10H2,1H3,(H,14,15). The molecule has 1 saturated carbocycles. The SMILES string of the molecule is COC(=O)CC1(CS(=O)(=O)CCCCCC(=O)O)CC1. The largest absolute Gasteiger partial charge is 0.481 e. The molecule has 1 rings (SSSR count). The minimum Gasteiger partial charge on any atom is -0.481 e. The Labute approximate surface area is 119 Å². The van der Waals surface area contributed by atoms with Gasteiger partial charge in [0.05, 0.1) is 25.0 Å². The molecule has 0 aliphatic heterocycles. The summed E-state index contributed by atoms with van der Waals surface area (Å²) in [4.78, 5) is 21.6. The number of carboxylic acids is 1. The van der Waals surface area contributed by atoms with Crippen LogP contribution in [-0.2, 0) is 24.2 Å².